The minimum absolute atomic E-state index is 0.0326. The Hall–Kier alpha value is -1.34. The number of primary sulfonamides is 1. The lowest BCUT2D eigenvalue weighted by atomic mass is 10.2. The van der Waals surface area contributed by atoms with E-state index in [9.17, 15) is 8.42 Å². The Morgan fingerprint density at radius 1 is 1.32 bits per heavy atom. The van der Waals surface area contributed by atoms with E-state index in [4.69, 9.17) is 14.6 Å². The third kappa shape index (κ3) is 3.81. The van der Waals surface area contributed by atoms with Crippen molar-refractivity contribution in [1.82, 2.24) is 4.98 Å². The van der Waals surface area contributed by atoms with Crippen molar-refractivity contribution in [2.75, 3.05) is 0 Å². The summed E-state index contributed by atoms with van der Waals surface area (Å²) in [5.41, 5.74) is -0.486. The van der Waals surface area contributed by atoms with Gasteiger partial charge in [0.25, 0.3) is 0 Å². The molecule has 0 bridgehead atoms. The molecular weight excluding hydrogens is 268 g/mol. The first-order valence-electron chi connectivity index (χ1n) is 6.03. The van der Waals surface area contributed by atoms with E-state index in [1.807, 2.05) is 20.8 Å². The maximum absolute atomic E-state index is 11.6. The third-order valence-electron chi connectivity index (χ3n) is 2.36. The molecule has 0 unspecified atom stereocenters. The van der Waals surface area contributed by atoms with Crippen molar-refractivity contribution < 1.29 is 17.9 Å². The van der Waals surface area contributed by atoms with E-state index in [0.717, 1.165) is 12.8 Å². The van der Waals surface area contributed by atoms with Gasteiger partial charge in [0.15, 0.2) is 11.5 Å². The van der Waals surface area contributed by atoms with E-state index >= 15 is 0 Å². The van der Waals surface area contributed by atoms with Crippen molar-refractivity contribution in [3.05, 3.63) is 12.4 Å². The highest BCUT2D eigenvalue weighted by Gasteiger charge is 2.30. The molecule has 1 aromatic rings. The van der Waals surface area contributed by atoms with E-state index in [2.05, 4.69) is 4.98 Å². The van der Waals surface area contributed by atoms with Gasteiger partial charge in [0.2, 0.25) is 10.0 Å². The molecular formula is C12H18N2O4S. The Kier molecular flexibility index (Phi) is 3.44. The highest BCUT2D eigenvalue weighted by molar-refractivity contribution is 7.89. The molecule has 0 spiro atoms. The van der Waals surface area contributed by atoms with Crippen LogP contribution in [0.1, 0.15) is 33.6 Å². The van der Waals surface area contributed by atoms with Crippen molar-refractivity contribution in [3.8, 4) is 11.5 Å². The average Bonchev–Trinajstić information content (AvgIpc) is 3.00. The monoisotopic (exact) mass is 286 g/mol. The van der Waals surface area contributed by atoms with Gasteiger partial charge in [-0.05, 0) is 33.6 Å². The van der Waals surface area contributed by atoms with Gasteiger partial charge in [-0.25, -0.2) is 13.6 Å². The molecule has 0 radical (unpaired) electrons. The van der Waals surface area contributed by atoms with Gasteiger partial charge in [-0.3, -0.25) is 4.98 Å². The molecule has 1 fully saturated rings. The molecule has 6 nitrogen and oxygen atoms in total. The average molecular weight is 286 g/mol. The SMILES string of the molecule is CC(C)(C)Oc1cncc(S(N)(=O)=O)c1OC1CC1. The second-order valence-electron chi connectivity index (χ2n) is 5.54. The van der Waals surface area contributed by atoms with Crippen LogP contribution in [0.15, 0.2) is 17.3 Å². The zero-order valence-corrected chi connectivity index (χ0v) is 12.0. The molecule has 0 aromatic carbocycles. The van der Waals surface area contributed by atoms with Crippen molar-refractivity contribution in [1.29, 1.82) is 0 Å². The van der Waals surface area contributed by atoms with Crippen LogP contribution < -0.4 is 14.6 Å². The number of ether oxygens (including phenoxy) is 2. The molecule has 106 valence electrons. The normalized spacial score (nSPS) is 16.2. The van der Waals surface area contributed by atoms with Crippen LogP contribution >= 0.6 is 0 Å². The first kappa shape index (κ1) is 14.1. The van der Waals surface area contributed by atoms with Crippen molar-refractivity contribution in [2.45, 2.75) is 50.2 Å². The standard InChI is InChI=1S/C12H18N2O4S/c1-12(2,3)18-9-6-14-7-10(19(13,15)16)11(9)17-8-4-5-8/h6-8H,4-5H2,1-3H3,(H2,13,15,16). The Labute approximate surface area is 113 Å². The molecule has 2 rings (SSSR count). The number of sulfonamides is 1. The molecule has 7 heteroatoms. The van der Waals surface area contributed by atoms with Crippen LogP contribution in [0.4, 0.5) is 0 Å². The summed E-state index contributed by atoms with van der Waals surface area (Å²) in [6, 6.07) is 0. The molecule has 0 saturated heterocycles. The Bertz CT molecular complexity index is 574. The maximum Gasteiger partial charge on any atom is 0.243 e. The molecule has 1 aliphatic carbocycles. The summed E-state index contributed by atoms with van der Waals surface area (Å²) >= 11 is 0. The summed E-state index contributed by atoms with van der Waals surface area (Å²) in [4.78, 5) is 3.72. The predicted octanol–water partition coefficient (Wildman–Crippen LogP) is 1.45. The molecule has 1 saturated carbocycles. The molecule has 0 amide bonds. The van der Waals surface area contributed by atoms with Crippen LogP contribution in [0.5, 0.6) is 11.5 Å². The zero-order chi connectivity index (χ0) is 14.3. The van der Waals surface area contributed by atoms with E-state index in [1.165, 1.54) is 12.4 Å². The Morgan fingerprint density at radius 3 is 2.42 bits per heavy atom. The lowest BCUT2D eigenvalue weighted by Gasteiger charge is -2.23. The fraction of sp³-hybridized carbons (Fsp3) is 0.583. The second kappa shape index (κ2) is 4.64. The Balaban J connectivity index is 2.46. The summed E-state index contributed by atoms with van der Waals surface area (Å²) in [6.07, 6.45) is 4.47. The van der Waals surface area contributed by atoms with E-state index < -0.39 is 15.6 Å². The largest absolute Gasteiger partial charge is 0.485 e. The Morgan fingerprint density at radius 2 is 1.95 bits per heavy atom. The quantitative estimate of drug-likeness (QED) is 0.904. The number of nitrogens with two attached hydrogens (primary N) is 1. The van der Waals surface area contributed by atoms with Crippen LogP contribution in [0.2, 0.25) is 0 Å². The van der Waals surface area contributed by atoms with Gasteiger partial charge in [0, 0.05) is 0 Å². The van der Waals surface area contributed by atoms with Crippen LogP contribution in [-0.4, -0.2) is 25.1 Å². The summed E-state index contributed by atoms with van der Waals surface area (Å²) in [7, 11) is -3.90. The third-order valence-corrected chi connectivity index (χ3v) is 3.27. The van der Waals surface area contributed by atoms with Crippen LogP contribution in [0, 0.1) is 0 Å². The topological polar surface area (TPSA) is 91.5 Å². The summed E-state index contributed by atoms with van der Waals surface area (Å²) in [5.74, 6) is 0.459. The molecule has 1 heterocycles. The minimum Gasteiger partial charge on any atom is -0.485 e. The van der Waals surface area contributed by atoms with Gasteiger partial charge in [-0.15, -0.1) is 0 Å². The lowest BCUT2D eigenvalue weighted by molar-refractivity contribution is 0.121. The van der Waals surface area contributed by atoms with Crippen LogP contribution in [0.3, 0.4) is 0 Å². The highest BCUT2D eigenvalue weighted by atomic mass is 32.2. The van der Waals surface area contributed by atoms with Crippen molar-refractivity contribution in [2.24, 2.45) is 5.14 Å². The first-order chi connectivity index (χ1) is 8.67. The summed E-state index contributed by atoms with van der Waals surface area (Å²) in [6.45, 7) is 5.58. The summed E-state index contributed by atoms with van der Waals surface area (Å²) in [5, 5.41) is 5.18. The molecule has 1 aliphatic rings. The van der Waals surface area contributed by atoms with Gasteiger partial charge < -0.3 is 9.47 Å². The van der Waals surface area contributed by atoms with Gasteiger partial charge in [0.05, 0.1) is 18.5 Å². The van der Waals surface area contributed by atoms with E-state index in [-0.39, 0.29) is 16.7 Å². The van der Waals surface area contributed by atoms with Crippen molar-refractivity contribution in [3.63, 3.8) is 0 Å². The fourth-order valence-electron chi connectivity index (χ4n) is 1.49. The number of hydrogen-bond acceptors (Lipinski definition) is 5. The van der Waals surface area contributed by atoms with Gasteiger partial charge >= 0.3 is 0 Å². The number of rotatable bonds is 4. The maximum atomic E-state index is 11.6. The van der Waals surface area contributed by atoms with Crippen LogP contribution in [-0.2, 0) is 10.0 Å². The van der Waals surface area contributed by atoms with Gasteiger partial charge in [0.1, 0.15) is 10.5 Å². The molecule has 19 heavy (non-hydrogen) atoms. The number of pyridine rings is 1. The zero-order valence-electron chi connectivity index (χ0n) is 11.2. The van der Waals surface area contributed by atoms with E-state index in [0.29, 0.717) is 5.75 Å². The minimum atomic E-state index is -3.90. The van der Waals surface area contributed by atoms with E-state index in [1.54, 1.807) is 0 Å². The highest BCUT2D eigenvalue weighted by Crippen LogP contribution is 2.38. The summed E-state index contributed by atoms with van der Waals surface area (Å²) < 4.78 is 34.5. The number of hydrogen-bond donors (Lipinski definition) is 1. The second-order valence-corrected chi connectivity index (χ2v) is 7.07. The number of nitrogens with zero attached hydrogens (tertiary/aromatic N) is 1. The van der Waals surface area contributed by atoms with Gasteiger partial charge in [-0.2, -0.15) is 0 Å². The molecule has 0 aliphatic heterocycles. The van der Waals surface area contributed by atoms with Crippen molar-refractivity contribution >= 4 is 10.0 Å². The first-order valence-corrected chi connectivity index (χ1v) is 7.58. The number of aromatic nitrogens is 1. The lowest BCUT2D eigenvalue weighted by Crippen LogP contribution is -2.24. The molecule has 1 aromatic heterocycles. The molecule has 0 atom stereocenters. The van der Waals surface area contributed by atoms with Gasteiger partial charge in [-0.1, -0.05) is 0 Å². The van der Waals surface area contributed by atoms with Crippen LogP contribution in [0.25, 0.3) is 0 Å². The fourth-order valence-corrected chi connectivity index (χ4v) is 2.10. The predicted molar refractivity (Wildman–Crippen MR) is 69.6 cm³/mol. The smallest absolute Gasteiger partial charge is 0.243 e. The molecule has 2 N–H and O–H groups in total.